The molecule has 1 atom stereocenters. The van der Waals surface area contributed by atoms with Crippen molar-refractivity contribution in [2.24, 2.45) is 0 Å². The standard InChI is InChI=1S/C24H27FN6OS2/c1-14-16(3)34-23-20(14)22(32)26-19(27-23)13-33-24-29-28-21(15(2)30-11-5-4-6-12-30)31(24)18-9-7-17(25)8-10-18/h7-10,15H,4-6,11-13H2,1-3H3,(H,26,27,32). The van der Waals surface area contributed by atoms with Gasteiger partial charge in [0.2, 0.25) is 0 Å². The largest absolute Gasteiger partial charge is 0.309 e. The SMILES string of the molecule is Cc1sc2nc(CSc3nnc(C(C)N4CCCCC4)n3-c3ccc(F)cc3)[nH]c(=O)c2c1C. The highest BCUT2D eigenvalue weighted by Gasteiger charge is 2.26. The van der Waals surface area contributed by atoms with Gasteiger partial charge >= 0.3 is 0 Å². The van der Waals surface area contributed by atoms with Crippen LogP contribution in [0.2, 0.25) is 0 Å². The summed E-state index contributed by atoms with van der Waals surface area (Å²) in [5.74, 6) is 1.59. The molecule has 178 valence electrons. The predicted octanol–water partition coefficient (Wildman–Crippen LogP) is 5.16. The van der Waals surface area contributed by atoms with Gasteiger partial charge < -0.3 is 4.98 Å². The van der Waals surface area contributed by atoms with Gasteiger partial charge in [0.05, 0.1) is 17.2 Å². The van der Waals surface area contributed by atoms with Crippen molar-refractivity contribution in [1.82, 2.24) is 29.6 Å². The van der Waals surface area contributed by atoms with Gasteiger partial charge in [-0.3, -0.25) is 14.3 Å². The maximum absolute atomic E-state index is 13.6. The van der Waals surface area contributed by atoms with Gasteiger partial charge in [-0.05, 0) is 76.5 Å². The minimum absolute atomic E-state index is 0.0820. The van der Waals surface area contributed by atoms with Crippen molar-refractivity contribution < 1.29 is 4.39 Å². The molecule has 0 amide bonds. The topological polar surface area (TPSA) is 79.7 Å². The van der Waals surface area contributed by atoms with Crippen LogP contribution in [0.3, 0.4) is 0 Å². The first-order valence-corrected chi connectivity index (χ1v) is 13.3. The number of benzene rings is 1. The first kappa shape index (κ1) is 23.2. The average Bonchev–Trinajstić information content (AvgIpc) is 3.39. The van der Waals surface area contributed by atoms with E-state index in [9.17, 15) is 9.18 Å². The number of aromatic nitrogens is 5. The number of H-pyrrole nitrogens is 1. The van der Waals surface area contributed by atoms with Gasteiger partial charge in [-0.15, -0.1) is 21.5 Å². The zero-order chi connectivity index (χ0) is 23.8. The van der Waals surface area contributed by atoms with Crippen molar-refractivity contribution in [3.63, 3.8) is 0 Å². The minimum atomic E-state index is -0.284. The fourth-order valence-corrected chi connectivity index (χ4v) is 6.33. The van der Waals surface area contributed by atoms with E-state index < -0.39 is 0 Å². The highest BCUT2D eigenvalue weighted by Crippen LogP contribution is 2.31. The lowest BCUT2D eigenvalue weighted by Crippen LogP contribution is -2.33. The lowest BCUT2D eigenvalue weighted by molar-refractivity contribution is 0.167. The average molecular weight is 499 g/mol. The third-order valence-corrected chi connectivity index (χ3v) is 8.52. The van der Waals surface area contributed by atoms with Crippen LogP contribution >= 0.6 is 23.1 Å². The van der Waals surface area contributed by atoms with Crippen LogP contribution in [-0.2, 0) is 5.75 Å². The molecule has 7 nitrogen and oxygen atoms in total. The van der Waals surface area contributed by atoms with Gasteiger partial charge in [0.15, 0.2) is 11.0 Å². The molecule has 1 N–H and O–H groups in total. The highest BCUT2D eigenvalue weighted by molar-refractivity contribution is 7.98. The van der Waals surface area contributed by atoms with E-state index in [1.54, 1.807) is 12.1 Å². The molecule has 0 spiro atoms. The number of aromatic amines is 1. The molecule has 0 aliphatic carbocycles. The van der Waals surface area contributed by atoms with Gasteiger partial charge in [-0.2, -0.15) is 0 Å². The normalized spacial score (nSPS) is 15.8. The van der Waals surface area contributed by atoms with Crippen LogP contribution in [0.25, 0.3) is 15.9 Å². The van der Waals surface area contributed by atoms with Crippen molar-refractivity contribution in [2.75, 3.05) is 13.1 Å². The van der Waals surface area contributed by atoms with Gasteiger partial charge in [0.1, 0.15) is 16.5 Å². The number of fused-ring (bicyclic) bond motifs is 1. The molecule has 1 fully saturated rings. The minimum Gasteiger partial charge on any atom is -0.309 e. The summed E-state index contributed by atoms with van der Waals surface area (Å²) < 4.78 is 15.6. The maximum atomic E-state index is 13.6. The van der Waals surface area contributed by atoms with E-state index in [-0.39, 0.29) is 17.4 Å². The number of nitrogens with one attached hydrogen (secondary N) is 1. The summed E-state index contributed by atoms with van der Waals surface area (Å²) in [6.45, 7) is 8.18. The molecule has 1 unspecified atom stereocenters. The summed E-state index contributed by atoms with van der Waals surface area (Å²) in [6.07, 6.45) is 3.62. The number of thioether (sulfide) groups is 1. The van der Waals surface area contributed by atoms with E-state index >= 15 is 0 Å². The van der Waals surface area contributed by atoms with Crippen molar-refractivity contribution in [3.8, 4) is 5.69 Å². The number of nitrogens with zero attached hydrogens (tertiary/aromatic N) is 5. The highest BCUT2D eigenvalue weighted by atomic mass is 32.2. The summed E-state index contributed by atoms with van der Waals surface area (Å²) in [7, 11) is 0. The van der Waals surface area contributed by atoms with Crippen LogP contribution in [0, 0.1) is 19.7 Å². The summed E-state index contributed by atoms with van der Waals surface area (Å²) in [5.41, 5.74) is 1.69. The molecule has 0 saturated carbocycles. The van der Waals surface area contributed by atoms with E-state index in [1.807, 2.05) is 18.4 Å². The number of hydrogen-bond acceptors (Lipinski definition) is 7. The zero-order valence-electron chi connectivity index (χ0n) is 19.5. The number of piperidine rings is 1. The number of hydrogen-bond donors (Lipinski definition) is 1. The van der Waals surface area contributed by atoms with Crippen LogP contribution in [0.5, 0.6) is 0 Å². The Hall–Kier alpha value is -2.56. The first-order valence-electron chi connectivity index (χ1n) is 11.5. The third-order valence-electron chi connectivity index (χ3n) is 6.48. The molecular weight excluding hydrogens is 471 g/mol. The van der Waals surface area contributed by atoms with E-state index in [2.05, 4.69) is 32.0 Å². The molecular formula is C24H27FN6OS2. The number of thiophene rings is 1. The molecule has 0 radical (unpaired) electrons. The lowest BCUT2D eigenvalue weighted by Gasteiger charge is -2.31. The predicted molar refractivity (Wildman–Crippen MR) is 134 cm³/mol. The van der Waals surface area contributed by atoms with E-state index in [0.717, 1.165) is 39.9 Å². The molecule has 3 aromatic heterocycles. The van der Waals surface area contributed by atoms with E-state index in [0.29, 0.717) is 22.1 Å². The van der Waals surface area contributed by atoms with Gasteiger partial charge in [0, 0.05) is 10.6 Å². The van der Waals surface area contributed by atoms with Gasteiger partial charge in [-0.25, -0.2) is 9.37 Å². The molecule has 4 heterocycles. The second-order valence-corrected chi connectivity index (χ2v) is 10.8. The van der Waals surface area contributed by atoms with E-state index in [1.165, 1.54) is 54.5 Å². The number of halogens is 1. The Morgan fingerprint density at radius 1 is 1.15 bits per heavy atom. The second-order valence-electron chi connectivity index (χ2n) is 8.69. The molecule has 1 aromatic carbocycles. The molecule has 1 aliphatic rings. The Kier molecular flexibility index (Phi) is 6.54. The summed E-state index contributed by atoms with van der Waals surface area (Å²) in [6, 6.07) is 6.48. The number of rotatable bonds is 6. The van der Waals surface area contributed by atoms with Gasteiger partial charge in [0.25, 0.3) is 5.56 Å². The first-order chi connectivity index (χ1) is 16.4. The number of likely N-dealkylation sites (tertiary alicyclic amines) is 1. The second kappa shape index (κ2) is 9.59. The maximum Gasteiger partial charge on any atom is 0.259 e. The molecule has 4 aromatic rings. The Labute approximate surface area is 205 Å². The zero-order valence-corrected chi connectivity index (χ0v) is 21.1. The fraction of sp³-hybridized carbons (Fsp3) is 0.417. The third kappa shape index (κ3) is 4.42. The monoisotopic (exact) mass is 498 g/mol. The van der Waals surface area contributed by atoms with Crippen LogP contribution in [0.1, 0.15) is 54.3 Å². The van der Waals surface area contributed by atoms with Crippen molar-refractivity contribution >= 4 is 33.3 Å². The molecule has 34 heavy (non-hydrogen) atoms. The van der Waals surface area contributed by atoms with E-state index in [4.69, 9.17) is 0 Å². The summed E-state index contributed by atoms with van der Waals surface area (Å²) in [4.78, 5) is 24.6. The molecule has 1 saturated heterocycles. The molecule has 1 aliphatic heterocycles. The van der Waals surface area contributed by atoms with Crippen molar-refractivity contribution in [3.05, 3.63) is 62.5 Å². The lowest BCUT2D eigenvalue weighted by atomic mass is 10.1. The van der Waals surface area contributed by atoms with Crippen molar-refractivity contribution in [2.45, 2.75) is 57.0 Å². The Bertz CT molecular complexity index is 1370. The molecule has 10 heteroatoms. The Morgan fingerprint density at radius 3 is 2.62 bits per heavy atom. The summed E-state index contributed by atoms with van der Waals surface area (Å²) >= 11 is 3.00. The quantitative estimate of drug-likeness (QED) is 0.370. The fourth-order valence-electron chi connectivity index (χ4n) is 4.45. The van der Waals surface area contributed by atoms with Crippen LogP contribution in [0.4, 0.5) is 4.39 Å². The van der Waals surface area contributed by atoms with Gasteiger partial charge in [-0.1, -0.05) is 18.2 Å². The van der Waals surface area contributed by atoms with Crippen LogP contribution in [0.15, 0.2) is 34.2 Å². The Balaban J connectivity index is 1.47. The Morgan fingerprint density at radius 2 is 1.88 bits per heavy atom. The molecule has 0 bridgehead atoms. The smallest absolute Gasteiger partial charge is 0.259 e. The van der Waals surface area contributed by atoms with Crippen LogP contribution in [-0.4, -0.2) is 42.7 Å². The van der Waals surface area contributed by atoms with Crippen molar-refractivity contribution in [1.29, 1.82) is 0 Å². The number of aryl methyl sites for hydroxylation is 2. The summed E-state index contributed by atoms with van der Waals surface area (Å²) in [5, 5.41) is 10.4. The van der Waals surface area contributed by atoms with Crippen LogP contribution < -0.4 is 5.56 Å². The molecule has 5 rings (SSSR count).